The van der Waals surface area contributed by atoms with Crippen molar-refractivity contribution in [2.75, 3.05) is 52.6 Å². The fourth-order valence-corrected chi connectivity index (χ4v) is 5.62. The Bertz CT molecular complexity index is 1490. The number of rotatable bonds is 10. The Hall–Kier alpha value is -3.04. The zero-order valence-corrected chi connectivity index (χ0v) is 23.6. The number of carbonyl (C=O) groups excluding carboxylic acids is 2. The molecule has 0 spiro atoms. The van der Waals surface area contributed by atoms with E-state index in [0.717, 1.165) is 21.5 Å². The van der Waals surface area contributed by atoms with Gasteiger partial charge in [0, 0.05) is 0 Å². The molecule has 210 valence electrons. The minimum absolute atomic E-state index is 0.180. The molecule has 0 aliphatic carbocycles. The van der Waals surface area contributed by atoms with Crippen LogP contribution >= 0.6 is 0 Å². The third-order valence-electron chi connectivity index (χ3n) is 8.55. The van der Waals surface area contributed by atoms with E-state index < -0.39 is 0 Å². The largest absolute Gasteiger partial charge is 0.368 e. The quantitative estimate of drug-likeness (QED) is 0.283. The molecule has 8 heteroatoms. The van der Waals surface area contributed by atoms with E-state index in [1.807, 2.05) is 69.0 Å². The number of epoxide rings is 4. The maximum atomic E-state index is 14.6. The number of amides is 2. The van der Waals surface area contributed by atoms with Crippen LogP contribution in [0.15, 0.2) is 48.5 Å². The van der Waals surface area contributed by atoms with Gasteiger partial charge in [0.2, 0.25) is 0 Å². The molecule has 2 amide bonds. The molecule has 4 fully saturated rings. The average Bonchev–Trinajstić information content (AvgIpc) is 3.78. The van der Waals surface area contributed by atoms with Gasteiger partial charge in [0.15, 0.2) is 0 Å². The molecule has 0 saturated carbocycles. The summed E-state index contributed by atoms with van der Waals surface area (Å²) < 4.78 is 22.7. The Morgan fingerprint density at radius 3 is 1.50 bits per heavy atom. The second-order valence-electron chi connectivity index (χ2n) is 13.2. The number of nitrogens with zero attached hydrogens (tertiary/aromatic N) is 2. The zero-order chi connectivity index (χ0) is 27.9. The van der Waals surface area contributed by atoms with Crippen molar-refractivity contribution in [2.24, 2.45) is 0 Å². The number of hydrogen-bond acceptors (Lipinski definition) is 6. The van der Waals surface area contributed by atoms with Crippen molar-refractivity contribution in [3.63, 3.8) is 0 Å². The lowest BCUT2D eigenvalue weighted by molar-refractivity contribution is 0.0630. The molecule has 4 saturated heterocycles. The second kappa shape index (κ2) is 8.73. The molecule has 0 radical (unpaired) electrons. The van der Waals surface area contributed by atoms with Gasteiger partial charge in [0.25, 0.3) is 11.8 Å². The summed E-state index contributed by atoms with van der Waals surface area (Å²) in [5.74, 6) is -0.366. The highest BCUT2D eigenvalue weighted by Crippen LogP contribution is 2.37. The van der Waals surface area contributed by atoms with E-state index >= 15 is 0 Å². The topological polar surface area (TPSA) is 90.7 Å². The fraction of sp³-hybridized carbons (Fsp3) is 0.500. The standard InChI is InChI=1S/C32H36N2O6/c1-29(17-37-29)13-33(14-30(2)18-38-30)27(35)24-10-9-23-11-21-7-5-6-8-22(21)12-25(23)26(24)28(36)34(15-31(3)19-39-31)16-32(4)20-40-32/h5-12H,13-20H2,1-4H3. The maximum Gasteiger partial charge on any atom is 0.255 e. The molecule has 40 heavy (non-hydrogen) atoms. The highest BCUT2D eigenvalue weighted by atomic mass is 16.6. The van der Waals surface area contributed by atoms with E-state index in [4.69, 9.17) is 18.9 Å². The molecule has 0 N–H and O–H groups in total. The normalized spacial score (nSPS) is 31.7. The Morgan fingerprint density at radius 1 is 0.625 bits per heavy atom. The molecular weight excluding hydrogens is 508 g/mol. The van der Waals surface area contributed by atoms with Crippen LogP contribution in [0.4, 0.5) is 0 Å². The van der Waals surface area contributed by atoms with Crippen molar-refractivity contribution in [3.8, 4) is 0 Å². The third-order valence-corrected chi connectivity index (χ3v) is 8.55. The monoisotopic (exact) mass is 544 g/mol. The molecule has 4 unspecified atom stereocenters. The minimum atomic E-state index is -0.385. The van der Waals surface area contributed by atoms with E-state index in [9.17, 15) is 9.59 Å². The van der Waals surface area contributed by atoms with Gasteiger partial charge in [-0.05, 0) is 67.4 Å². The number of hydrogen-bond donors (Lipinski definition) is 0. The van der Waals surface area contributed by atoms with Crippen LogP contribution in [0.3, 0.4) is 0 Å². The summed E-state index contributed by atoms with van der Waals surface area (Å²) in [4.78, 5) is 32.7. The lowest BCUT2D eigenvalue weighted by Gasteiger charge is -2.30. The van der Waals surface area contributed by atoms with Crippen molar-refractivity contribution >= 4 is 33.4 Å². The van der Waals surface area contributed by atoms with Crippen LogP contribution in [0.5, 0.6) is 0 Å². The predicted octanol–water partition coefficient (Wildman–Crippen LogP) is 4.03. The van der Waals surface area contributed by atoms with Crippen molar-refractivity contribution in [2.45, 2.75) is 50.1 Å². The van der Waals surface area contributed by atoms with Crippen molar-refractivity contribution in [1.29, 1.82) is 0 Å². The van der Waals surface area contributed by atoms with E-state index in [0.29, 0.717) is 63.7 Å². The molecule has 4 aliphatic heterocycles. The predicted molar refractivity (Wildman–Crippen MR) is 151 cm³/mol. The average molecular weight is 545 g/mol. The zero-order valence-electron chi connectivity index (χ0n) is 23.6. The first-order chi connectivity index (χ1) is 19.0. The van der Waals surface area contributed by atoms with Crippen LogP contribution in [0.2, 0.25) is 0 Å². The first kappa shape index (κ1) is 25.9. The molecule has 7 rings (SSSR count). The summed E-state index contributed by atoms with van der Waals surface area (Å²) in [6.45, 7) is 12.2. The Kier molecular flexibility index (Phi) is 5.65. The summed E-state index contributed by atoms with van der Waals surface area (Å²) in [6, 6.07) is 16.0. The van der Waals surface area contributed by atoms with Crippen LogP contribution < -0.4 is 0 Å². The maximum absolute atomic E-state index is 14.6. The molecule has 4 atom stereocenters. The summed E-state index contributed by atoms with van der Waals surface area (Å²) in [5, 5.41) is 3.79. The van der Waals surface area contributed by atoms with E-state index in [-0.39, 0.29) is 34.2 Å². The number of benzene rings is 3. The molecule has 8 nitrogen and oxygen atoms in total. The smallest absolute Gasteiger partial charge is 0.255 e. The van der Waals surface area contributed by atoms with Crippen LogP contribution in [-0.4, -0.2) is 96.6 Å². The first-order valence-corrected chi connectivity index (χ1v) is 14.1. The fourth-order valence-electron chi connectivity index (χ4n) is 5.62. The van der Waals surface area contributed by atoms with Crippen LogP contribution in [0.1, 0.15) is 48.4 Å². The van der Waals surface area contributed by atoms with Gasteiger partial charge >= 0.3 is 0 Å². The third kappa shape index (κ3) is 5.09. The second-order valence-corrected chi connectivity index (χ2v) is 13.2. The van der Waals surface area contributed by atoms with Gasteiger partial charge in [0.1, 0.15) is 22.4 Å². The van der Waals surface area contributed by atoms with Gasteiger partial charge in [-0.15, -0.1) is 0 Å². The molecule has 4 aliphatic rings. The summed E-state index contributed by atoms with van der Waals surface area (Å²) in [7, 11) is 0. The van der Waals surface area contributed by atoms with Crippen molar-refractivity contribution in [3.05, 3.63) is 59.7 Å². The number of ether oxygens (including phenoxy) is 4. The lowest BCUT2D eigenvalue weighted by Crippen LogP contribution is -2.45. The Balaban J connectivity index is 1.36. The van der Waals surface area contributed by atoms with Gasteiger partial charge in [-0.25, -0.2) is 0 Å². The summed E-state index contributed by atoms with van der Waals surface area (Å²) in [5.41, 5.74) is -0.695. The molecular formula is C32H36N2O6. The van der Waals surface area contributed by atoms with E-state index in [1.54, 1.807) is 4.90 Å². The van der Waals surface area contributed by atoms with E-state index in [2.05, 4.69) is 12.1 Å². The molecule has 3 aromatic rings. The van der Waals surface area contributed by atoms with Gasteiger partial charge in [-0.3, -0.25) is 9.59 Å². The molecule has 0 aromatic heterocycles. The van der Waals surface area contributed by atoms with Gasteiger partial charge in [-0.1, -0.05) is 30.3 Å². The van der Waals surface area contributed by atoms with Crippen LogP contribution in [0.25, 0.3) is 21.5 Å². The van der Waals surface area contributed by atoms with Gasteiger partial charge in [0.05, 0.1) is 63.7 Å². The SMILES string of the molecule is CC1(CN(CC2(C)CO2)C(=O)c2ccc3cc4ccccc4cc3c2C(=O)N(CC2(C)CO2)CC2(C)CO2)CO1. The summed E-state index contributed by atoms with van der Waals surface area (Å²) in [6.07, 6.45) is 0. The van der Waals surface area contributed by atoms with Crippen LogP contribution in [-0.2, 0) is 18.9 Å². The van der Waals surface area contributed by atoms with E-state index in [1.165, 1.54) is 0 Å². The number of carbonyl (C=O) groups is 2. The first-order valence-electron chi connectivity index (χ1n) is 14.1. The van der Waals surface area contributed by atoms with Crippen LogP contribution in [0, 0.1) is 0 Å². The summed E-state index contributed by atoms with van der Waals surface area (Å²) >= 11 is 0. The lowest BCUT2D eigenvalue weighted by atomic mass is 9.93. The minimum Gasteiger partial charge on any atom is -0.368 e. The van der Waals surface area contributed by atoms with Gasteiger partial charge < -0.3 is 28.7 Å². The molecule has 4 heterocycles. The molecule has 3 aromatic carbocycles. The number of fused-ring (bicyclic) bond motifs is 2. The van der Waals surface area contributed by atoms with Gasteiger partial charge in [-0.2, -0.15) is 0 Å². The molecule has 0 bridgehead atoms. The Morgan fingerprint density at radius 2 is 1.05 bits per heavy atom. The van der Waals surface area contributed by atoms with Crippen molar-refractivity contribution in [1.82, 2.24) is 9.80 Å². The highest BCUT2D eigenvalue weighted by molar-refractivity contribution is 6.17. The van der Waals surface area contributed by atoms with Crippen molar-refractivity contribution < 1.29 is 28.5 Å². The highest BCUT2D eigenvalue weighted by Gasteiger charge is 2.49. The Labute approximate surface area is 234 Å².